The van der Waals surface area contributed by atoms with Crippen molar-refractivity contribution in [3.8, 4) is 0 Å². The van der Waals surface area contributed by atoms with Crippen molar-refractivity contribution in [2.24, 2.45) is 0 Å². The molecule has 0 atom stereocenters. The summed E-state index contributed by atoms with van der Waals surface area (Å²) in [6.07, 6.45) is 2.68. The minimum atomic E-state index is -2.99. The summed E-state index contributed by atoms with van der Waals surface area (Å²) < 4.78 is 28.1. The van der Waals surface area contributed by atoms with Crippen molar-refractivity contribution in [2.75, 3.05) is 0 Å². The topological polar surface area (TPSA) is 12.9 Å². The predicted octanol–water partition coefficient (Wildman–Crippen LogP) is 3.53. The summed E-state index contributed by atoms with van der Waals surface area (Å²) >= 11 is 0. The molecule has 0 N–H and O–H groups in total. The monoisotopic (exact) mass is 219 g/mol. The first-order valence-corrected chi connectivity index (χ1v) is 4.96. The fourth-order valence-electron chi connectivity index (χ4n) is 1.56. The Bertz CT molecular complexity index is 480. The van der Waals surface area contributed by atoms with E-state index in [4.69, 9.17) is 0 Å². The fourth-order valence-corrected chi connectivity index (χ4v) is 1.56. The molecule has 0 aliphatic carbocycles. The zero-order valence-corrected chi connectivity index (χ0v) is 8.82. The van der Waals surface area contributed by atoms with Gasteiger partial charge in [0.25, 0.3) is 5.92 Å². The van der Waals surface area contributed by atoms with E-state index in [1.54, 1.807) is 19.1 Å². The first kappa shape index (κ1) is 10.7. The first-order valence-electron chi connectivity index (χ1n) is 4.96. The van der Waals surface area contributed by atoms with E-state index in [2.05, 4.69) is 4.98 Å². The SMILES string of the molecule is Cc1cccc(C(F)(F)c2cccnc2)c1. The van der Waals surface area contributed by atoms with Crippen LogP contribution < -0.4 is 0 Å². The number of alkyl halides is 2. The summed E-state index contributed by atoms with van der Waals surface area (Å²) in [5.41, 5.74) is 0.738. The van der Waals surface area contributed by atoms with Crippen molar-refractivity contribution >= 4 is 0 Å². The predicted molar refractivity (Wildman–Crippen MR) is 58.4 cm³/mol. The van der Waals surface area contributed by atoms with E-state index < -0.39 is 5.92 Å². The maximum Gasteiger partial charge on any atom is 0.299 e. The average Bonchev–Trinajstić information content (AvgIpc) is 2.30. The van der Waals surface area contributed by atoms with Crippen LogP contribution in [0.25, 0.3) is 0 Å². The van der Waals surface area contributed by atoms with Crippen LogP contribution in [0, 0.1) is 6.92 Å². The molecule has 0 aliphatic heterocycles. The van der Waals surface area contributed by atoms with Crippen LogP contribution in [-0.2, 0) is 5.92 Å². The largest absolute Gasteiger partial charge is 0.299 e. The number of halogens is 2. The lowest BCUT2D eigenvalue weighted by molar-refractivity contribution is 0.0424. The highest BCUT2D eigenvalue weighted by Gasteiger charge is 2.33. The Morgan fingerprint density at radius 1 is 1.06 bits per heavy atom. The molecule has 16 heavy (non-hydrogen) atoms. The van der Waals surface area contributed by atoms with Crippen molar-refractivity contribution in [3.63, 3.8) is 0 Å². The van der Waals surface area contributed by atoms with Gasteiger partial charge in [-0.15, -0.1) is 0 Å². The Labute approximate surface area is 92.8 Å². The molecule has 3 heteroatoms. The van der Waals surface area contributed by atoms with E-state index in [0.29, 0.717) is 0 Å². The molecule has 1 aromatic carbocycles. The van der Waals surface area contributed by atoms with Crippen LogP contribution >= 0.6 is 0 Å². The normalized spacial score (nSPS) is 11.4. The van der Waals surface area contributed by atoms with Crippen LogP contribution in [0.5, 0.6) is 0 Å². The molecular weight excluding hydrogens is 208 g/mol. The van der Waals surface area contributed by atoms with Crippen LogP contribution in [0.3, 0.4) is 0 Å². The van der Waals surface area contributed by atoms with Gasteiger partial charge in [0.05, 0.1) is 0 Å². The third-order valence-corrected chi connectivity index (χ3v) is 2.40. The van der Waals surface area contributed by atoms with Crippen molar-refractivity contribution in [2.45, 2.75) is 12.8 Å². The number of pyridine rings is 1. The Kier molecular flexibility index (Phi) is 2.69. The van der Waals surface area contributed by atoms with E-state index in [1.807, 2.05) is 0 Å². The van der Waals surface area contributed by atoms with Gasteiger partial charge in [0, 0.05) is 23.5 Å². The second-order valence-electron chi connectivity index (χ2n) is 3.69. The zero-order chi connectivity index (χ0) is 11.6. The third-order valence-electron chi connectivity index (χ3n) is 2.40. The molecule has 2 rings (SSSR count). The van der Waals surface area contributed by atoms with E-state index in [0.717, 1.165) is 5.56 Å². The second-order valence-corrected chi connectivity index (χ2v) is 3.69. The maximum atomic E-state index is 14.0. The molecule has 0 amide bonds. The van der Waals surface area contributed by atoms with Crippen molar-refractivity contribution < 1.29 is 8.78 Å². The van der Waals surface area contributed by atoms with Gasteiger partial charge >= 0.3 is 0 Å². The highest BCUT2D eigenvalue weighted by atomic mass is 19.3. The highest BCUT2D eigenvalue weighted by molar-refractivity contribution is 5.33. The van der Waals surface area contributed by atoms with Gasteiger partial charge in [-0.25, -0.2) is 0 Å². The molecule has 0 radical (unpaired) electrons. The number of rotatable bonds is 2. The van der Waals surface area contributed by atoms with Crippen LogP contribution in [0.15, 0.2) is 48.8 Å². The standard InChI is InChI=1S/C13H11F2N/c1-10-4-2-5-11(8-10)13(14,15)12-6-3-7-16-9-12/h2-9H,1H3. The van der Waals surface area contributed by atoms with E-state index in [-0.39, 0.29) is 11.1 Å². The molecule has 1 heterocycles. The van der Waals surface area contributed by atoms with Gasteiger partial charge < -0.3 is 0 Å². The summed E-state index contributed by atoms with van der Waals surface area (Å²) in [6.45, 7) is 1.79. The van der Waals surface area contributed by atoms with Crippen molar-refractivity contribution in [1.29, 1.82) is 0 Å². The van der Waals surface area contributed by atoms with Gasteiger partial charge in [-0.1, -0.05) is 23.8 Å². The smallest absolute Gasteiger partial charge is 0.264 e. The minimum absolute atomic E-state index is 0.000463. The van der Waals surface area contributed by atoms with Gasteiger partial charge in [-0.2, -0.15) is 8.78 Å². The van der Waals surface area contributed by atoms with E-state index in [9.17, 15) is 8.78 Å². The van der Waals surface area contributed by atoms with Gasteiger partial charge in [-0.05, 0) is 25.1 Å². The van der Waals surface area contributed by atoms with Gasteiger partial charge in [0.1, 0.15) is 0 Å². The molecule has 0 fully saturated rings. The number of aromatic nitrogens is 1. The average molecular weight is 219 g/mol. The highest BCUT2D eigenvalue weighted by Crippen LogP contribution is 2.35. The quantitative estimate of drug-likeness (QED) is 0.753. The molecule has 0 spiro atoms. The Balaban J connectivity index is 2.47. The lowest BCUT2D eigenvalue weighted by atomic mass is 10.0. The van der Waals surface area contributed by atoms with Crippen LogP contribution in [0.4, 0.5) is 8.78 Å². The minimum Gasteiger partial charge on any atom is -0.264 e. The number of nitrogens with zero attached hydrogens (tertiary/aromatic N) is 1. The maximum absolute atomic E-state index is 14.0. The Morgan fingerprint density at radius 3 is 2.44 bits per heavy atom. The molecule has 1 nitrogen and oxygen atoms in total. The summed E-state index contributed by atoms with van der Waals surface area (Å²) in [6, 6.07) is 9.25. The van der Waals surface area contributed by atoms with Gasteiger partial charge in [0.15, 0.2) is 0 Å². The molecule has 0 saturated heterocycles. The van der Waals surface area contributed by atoms with Crippen LogP contribution in [0.1, 0.15) is 16.7 Å². The second kappa shape index (κ2) is 4.00. The lowest BCUT2D eigenvalue weighted by Crippen LogP contribution is -2.15. The molecule has 0 bridgehead atoms. The van der Waals surface area contributed by atoms with E-state index >= 15 is 0 Å². The summed E-state index contributed by atoms with van der Waals surface area (Å²) in [4.78, 5) is 3.72. The molecule has 1 aromatic heterocycles. The Morgan fingerprint density at radius 2 is 1.81 bits per heavy atom. The van der Waals surface area contributed by atoms with Crippen molar-refractivity contribution in [3.05, 3.63) is 65.5 Å². The van der Waals surface area contributed by atoms with Crippen molar-refractivity contribution in [1.82, 2.24) is 4.98 Å². The van der Waals surface area contributed by atoms with Crippen LogP contribution in [-0.4, -0.2) is 4.98 Å². The van der Waals surface area contributed by atoms with Gasteiger partial charge in [0.2, 0.25) is 0 Å². The number of aryl methyl sites for hydroxylation is 1. The number of hydrogen-bond acceptors (Lipinski definition) is 1. The number of hydrogen-bond donors (Lipinski definition) is 0. The first-order chi connectivity index (χ1) is 7.60. The molecule has 0 aliphatic rings. The zero-order valence-electron chi connectivity index (χ0n) is 8.82. The molecule has 82 valence electrons. The van der Waals surface area contributed by atoms with E-state index in [1.165, 1.54) is 36.7 Å². The molecular formula is C13H11F2N. The summed E-state index contributed by atoms with van der Waals surface area (Å²) in [7, 11) is 0. The Hall–Kier alpha value is -1.77. The molecule has 0 saturated carbocycles. The fraction of sp³-hybridized carbons (Fsp3) is 0.154. The van der Waals surface area contributed by atoms with Gasteiger partial charge in [-0.3, -0.25) is 4.98 Å². The molecule has 2 aromatic rings. The third kappa shape index (κ3) is 1.94. The molecule has 0 unspecified atom stereocenters. The summed E-state index contributed by atoms with van der Waals surface area (Å²) in [5, 5.41) is 0. The summed E-state index contributed by atoms with van der Waals surface area (Å²) in [5.74, 6) is -2.99. The lowest BCUT2D eigenvalue weighted by Gasteiger charge is -2.17. The number of benzene rings is 1. The van der Waals surface area contributed by atoms with Crippen LogP contribution in [0.2, 0.25) is 0 Å².